The maximum atomic E-state index is 11.4. The van der Waals surface area contributed by atoms with Crippen LogP contribution in [-0.2, 0) is 9.53 Å². The largest absolute Gasteiger partial charge is 0.481 e. The van der Waals surface area contributed by atoms with Gasteiger partial charge in [-0.3, -0.25) is 4.79 Å². The molecule has 1 N–H and O–H groups in total. The second kappa shape index (κ2) is 4.47. The fourth-order valence-electron chi connectivity index (χ4n) is 5.25. The Kier molecular flexibility index (Phi) is 3.16. The Labute approximate surface area is 115 Å². The summed E-state index contributed by atoms with van der Waals surface area (Å²) in [5.74, 6) is 2.41. The lowest BCUT2D eigenvalue weighted by Crippen LogP contribution is -2.37. The monoisotopic (exact) mass is 266 g/mol. The van der Waals surface area contributed by atoms with Gasteiger partial charge in [-0.2, -0.15) is 0 Å². The van der Waals surface area contributed by atoms with Crippen molar-refractivity contribution in [1.82, 2.24) is 0 Å². The first-order chi connectivity index (χ1) is 8.91. The van der Waals surface area contributed by atoms with Crippen LogP contribution in [0.3, 0.4) is 0 Å². The van der Waals surface area contributed by atoms with E-state index in [0.29, 0.717) is 41.6 Å². The Morgan fingerprint density at radius 2 is 1.63 bits per heavy atom. The van der Waals surface area contributed by atoms with Crippen molar-refractivity contribution in [3.63, 3.8) is 0 Å². The molecule has 0 radical (unpaired) electrons. The molecule has 0 aromatic heterocycles. The van der Waals surface area contributed by atoms with Crippen molar-refractivity contribution in [1.29, 1.82) is 0 Å². The zero-order valence-corrected chi connectivity index (χ0v) is 12.4. The Morgan fingerprint density at radius 3 is 2.16 bits per heavy atom. The van der Waals surface area contributed by atoms with Crippen LogP contribution in [0.15, 0.2) is 0 Å². The molecule has 2 saturated carbocycles. The Morgan fingerprint density at radius 1 is 1.05 bits per heavy atom. The standard InChI is InChI=1S/C16H26O3/c1-7(2)14-12-9-5-10(11(6-9)16(17)18)13(12)15(19-14)8(3)4/h7-15H,5-6H2,1-4H3,(H,17,18). The van der Waals surface area contributed by atoms with Gasteiger partial charge in [-0.15, -0.1) is 0 Å². The molecule has 7 atom stereocenters. The minimum atomic E-state index is -0.582. The van der Waals surface area contributed by atoms with E-state index < -0.39 is 5.97 Å². The molecule has 1 saturated heterocycles. The lowest BCUT2D eigenvalue weighted by Gasteiger charge is -2.33. The van der Waals surface area contributed by atoms with Crippen molar-refractivity contribution in [3.05, 3.63) is 0 Å². The maximum Gasteiger partial charge on any atom is 0.306 e. The average Bonchev–Trinajstić information content (AvgIpc) is 2.97. The van der Waals surface area contributed by atoms with Crippen LogP contribution >= 0.6 is 0 Å². The van der Waals surface area contributed by atoms with Gasteiger partial charge >= 0.3 is 5.97 Å². The quantitative estimate of drug-likeness (QED) is 0.854. The highest BCUT2D eigenvalue weighted by Gasteiger charge is 2.63. The zero-order chi connectivity index (χ0) is 13.9. The second-order valence-corrected chi connectivity index (χ2v) is 7.55. The van der Waals surface area contributed by atoms with E-state index in [2.05, 4.69) is 27.7 Å². The molecule has 3 rings (SSSR count). The number of ether oxygens (including phenoxy) is 1. The summed E-state index contributed by atoms with van der Waals surface area (Å²) in [6.07, 6.45) is 2.64. The number of carboxylic acid groups (broad SMARTS) is 1. The van der Waals surface area contributed by atoms with E-state index in [1.165, 1.54) is 0 Å². The zero-order valence-electron chi connectivity index (χ0n) is 12.4. The fourth-order valence-corrected chi connectivity index (χ4v) is 5.25. The smallest absolute Gasteiger partial charge is 0.306 e. The topological polar surface area (TPSA) is 46.5 Å². The summed E-state index contributed by atoms with van der Waals surface area (Å²) in [6, 6.07) is 0. The van der Waals surface area contributed by atoms with Crippen LogP contribution in [-0.4, -0.2) is 23.3 Å². The molecule has 0 aromatic rings. The van der Waals surface area contributed by atoms with Gasteiger partial charge in [0.05, 0.1) is 18.1 Å². The van der Waals surface area contributed by atoms with Gasteiger partial charge in [-0.05, 0) is 48.3 Å². The van der Waals surface area contributed by atoms with E-state index in [1.54, 1.807) is 0 Å². The number of hydrogen-bond donors (Lipinski definition) is 1. The molecule has 1 heterocycles. The third-order valence-corrected chi connectivity index (χ3v) is 5.84. The van der Waals surface area contributed by atoms with E-state index >= 15 is 0 Å². The summed E-state index contributed by atoms with van der Waals surface area (Å²) < 4.78 is 6.37. The van der Waals surface area contributed by atoms with Gasteiger partial charge in [-0.25, -0.2) is 0 Å². The third-order valence-electron chi connectivity index (χ3n) is 5.84. The molecule has 19 heavy (non-hydrogen) atoms. The van der Waals surface area contributed by atoms with E-state index in [4.69, 9.17) is 4.74 Å². The SMILES string of the molecule is CC(C)C1OC(C(C)C)C2C3CC(CC3C(=O)O)C12. The first kappa shape index (κ1) is 13.4. The molecule has 2 aliphatic carbocycles. The number of carboxylic acids is 1. The minimum absolute atomic E-state index is 0.109. The molecule has 0 aromatic carbocycles. The van der Waals surface area contributed by atoms with Crippen molar-refractivity contribution in [2.24, 2.45) is 41.4 Å². The molecule has 3 fully saturated rings. The highest BCUT2D eigenvalue weighted by atomic mass is 16.5. The molecule has 3 nitrogen and oxygen atoms in total. The molecule has 3 heteroatoms. The normalized spacial score (nSPS) is 48.2. The molecular formula is C16H26O3. The van der Waals surface area contributed by atoms with E-state index in [9.17, 15) is 9.90 Å². The molecule has 108 valence electrons. The van der Waals surface area contributed by atoms with E-state index in [1.807, 2.05) is 0 Å². The van der Waals surface area contributed by atoms with Crippen molar-refractivity contribution in [3.8, 4) is 0 Å². The predicted molar refractivity (Wildman–Crippen MR) is 72.7 cm³/mol. The first-order valence-electron chi connectivity index (χ1n) is 7.80. The highest BCUT2D eigenvalue weighted by Crippen LogP contribution is 2.62. The number of rotatable bonds is 3. The first-order valence-corrected chi connectivity index (χ1v) is 7.80. The fraction of sp³-hybridized carbons (Fsp3) is 0.938. The van der Waals surface area contributed by atoms with Gasteiger partial charge in [0, 0.05) is 0 Å². The summed E-state index contributed by atoms with van der Waals surface area (Å²) >= 11 is 0. The third kappa shape index (κ3) is 1.84. The molecule has 0 amide bonds. The van der Waals surface area contributed by atoms with E-state index in [0.717, 1.165) is 12.8 Å². The highest BCUT2D eigenvalue weighted by molar-refractivity contribution is 5.71. The summed E-state index contributed by atoms with van der Waals surface area (Å²) in [4.78, 5) is 11.4. The van der Waals surface area contributed by atoms with Gasteiger partial charge in [0.15, 0.2) is 0 Å². The number of carbonyl (C=O) groups is 1. The molecule has 2 bridgehead atoms. The molecular weight excluding hydrogens is 240 g/mol. The minimum Gasteiger partial charge on any atom is -0.481 e. The van der Waals surface area contributed by atoms with Gasteiger partial charge in [0.2, 0.25) is 0 Å². The summed E-state index contributed by atoms with van der Waals surface area (Å²) in [5, 5.41) is 9.41. The van der Waals surface area contributed by atoms with Crippen LogP contribution in [0.25, 0.3) is 0 Å². The van der Waals surface area contributed by atoms with Gasteiger partial charge in [0.1, 0.15) is 0 Å². The molecule has 3 aliphatic rings. The summed E-state index contributed by atoms with van der Waals surface area (Å²) in [5.41, 5.74) is 0. The van der Waals surface area contributed by atoms with Crippen LogP contribution in [0.2, 0.25) is 0 Å². The Hall–Kier alpha value is -0.570. The second-order valence-electron chi connectivity index (χ2n) is 7.55. The van der Waals surface area contributed by atoms with Crippen molar-refractivity contribution in [2.45, 2.75) is 52.7 Å². The van der Waals surface area contributed by atoms with Crippen LogP contribution in [0.5, 0.6) is 0 Å². The molecule has 0 spiro atoms. The van der Waals surface area contributed by atoms with Crippen molar-refractivity contribution < 1.29 is 14.6 Å². The number of fused-ring (bicyclic) bond motifs is 5. The lowest BCUT2D eigenvalue weighted by atomic mass is 9.68. The Balaban J connectivity index is 1.89. The predicted octanol–water partition coefficient (Wildman–Crippen LogP) is 3.04. The summed E-state index contributed by atoms with van der Waals surface area (Å²) in [7, 11) is 0. The van der Waals surface area contributed by atoms with Gasteiger partial charge in [-0.1, -0.05) is 27.7 Å². The number of aliphatic carboxylic acids is 1. The van der Waals surface area contributed by atoms with Crippen LogP contribution in [0, 0.1) is 41.4 Å². The van der Waals surface area contributed by atoms with E-state index in [-0.39, 0.29) is 12.0 Å². The van der Waals surface area contributed by atoms with Gasteiger partial charge < -0.3 is 9.84 Å². The van der Waals surface area contributed by atoms with Crippen LogP contribution in [0.4, 0.5) is 0 Å². The van der Waals surface area contributed by atoms with Crippen molar-refractivity contribution >= 4 is 5.97 Å². The molecule has 1 aliphatic heterocycles. The summed E-state index contributed by atoms with van der Waals surface area (Å²) in [6.45, 7) is 8.91. The van der Waals surface area contributed by atoms with Crippen LogP contribution in [0.1, 0.15) is 40.5 Å². The van der Waals surface area contributed by atoms with Crippen LogP contribution < -0.4 is 0 Å². The maximum absolute atomic E-state index is 11.4. The average molecular weight is 266 g/mol. The molecule has 7 unspecified atom stereocenters. The van der Waals surface area contributed by atoms with Crippen molar-refractivity contribution in [2.75, 3.05) is 0 Å². The number of hydrogen-bond acceptors (Lipinski definition) is 2. The lowest BCUT2D eigenvalue weighted by molar-refractivity contribution is -0.144. The Bertz CT molecular complexity index is 376. The van der Waals surface area contributed by atoms with Gasteiger partial charge in [0.25, 0.3) is 0 Å².